The van der Waals surface area contributed by atoms with Crippen LogP contribution in [0.1, 0.15) is 25.0 Å². The van der Waals surface area contributed by atoms with Gasteiger partial charge in [-0.1, -0.05) is 42.5 Å². The van der Waals surface area contributed by atoms with Crippen LogP contribution in [0.25, 0.3) is 0 Å². The summed E-state index contributed by atoms with van der Waals surface area (Å²) in [6, 6.07) is 19.2. The number of sulfonamides is 1. The fraction of sp³-hybridized carbons (Fsp3) is 0.310. The number of rotatable bonds is 12. The number of anilines is 1. The zero-order valence-corrected chi connectivity index (χ0v) is 23.7. The van der Waals surface area contributed by atoms with Crippen LogP contribution in [0.5, 0.6) is 11.5 Å². The summed E-state index contributed by atoms with van der Waals surface area (Å²) in [6.07, 6.45) is 0. The number of aryl methyl sites for hydroxylation is 1. The number of ether oxygens (including phenoxy) is 2. The van der Waals surface area contributed by atoms with E-state index < -0.39 is 28.5 Å². The van der Waals surface area contributed by atoms with Crippen molar-refractivity contribution in [1.29, 1.82) is 0 Å². The van der Waals surface area contributed by atoms with Gasteiger partial charge in [0.05, 0.1) is 24.8 Å². The van der Waals surface area contributed by atoms with Crippen LogP contribution in [-0.4, -0.2) is 58.5 Å². The van der Waals surface area contributed by atoms with Crippen LogP contribution < -0.4 is 19.1 Å². The summed E-state index contributed by atoms with van der Waals surface area (Å²) in [5.74, 6) is -0.145. The highest BCUT2D eigenvalue weighted by atomic mass is 32.2. The first-order valence-corrected chi connectivity index (χ1v) is 14.0. The second kappa shape index (κ2) is 13.1. The first-order valence-electron chi connectivity index (χ1n) is 12.6. The van der Waals surface area contributed by atoms with Gasteiger partial charge in [-0.3, -0.25) is 13.9 Å². The SMILES string of the molecule is CCNC(=O)[C@@H](C)N(Cc1ccccc1C)C(=O)CN(c1ccc(OC)c(OC)c1)S(=O)(=O)c1ccccc1. The molecule has 0 fully saturated rings. The van der Waals surface area contributed by atoms with E-state index in [0.717, 1.165) is 15.4 Å². The van der Waals surface area contributed by atoms with E-state index in [9.17, 15) is 18.0 Å². The van der Waals surface area contributed by atoms with E-state index in [1.54, 1.807) is 44.2 Å². The average Bonchev–Trinajstić information content (AvgIpc) is 2.95. The van der Waals surface area contributed by atoms with Gasteiger partial charge in [0.2, 0.25) is 11.8 Å². The lowest BCUT2D eigenvalue weighted by Crippen LogP contribution is -2.51. The van der Waals surface area contributed by atoms with E-state index in [1.807, 2.05) is 31.2 Å². The Morgan fingerprint density at radius 3 is 2.18 bits per heavy atom. The minimum atomic E-state index is -4.18. The van der Waals surface area contributed by atoms with E-state index in [1.165, 1.54) is 37.3 Å². The fourth-order valence-corrected chi connectivity index (χ4v) is 5.53. The molecule has 9 nitrogen and oxygen atoms in total. The first-order chi connectivity index (χ1) is 18.6. The van der Waals surface area contributed by atoms with Crippen LogP contribution in [-0.2, 0) is 26.2 Å². The van der Waals surface area contributed by atoms with Crippen LogP contribution in [0.2, 0.25) is 0 Å². The quantitative estimate of drug-likeness (QED) is 0.366. The summed E-state index contributed by atoms with van der Waals surface area (Å²) < 4.78 is 39.5. The van der Waals surface area contributed by atoms with E-state index >= 15 is 0 Å². The van der Waals surface area contributed by atoms with Gasteiger partial charge >= 0.3 is 0 Å². The highest BCUT2D eigenvalue weighted by molar-refractivity contribution is 7.92. The Kier molecular flexibility index (Phi) is 9.95. The van der Waals surface area contributed by atoms with Crippen molar-refractivity contribution < 1.29 is 27.5 Å². The second-order valence-corrected chi connectivity index (χ2v) is 10.7. The number of hydrogen-bond acceptors (Lipinski definition) is 6. The maximum absolute atomic E-state index is 13.9. The van der Waals surface area contributed by atoms with E-state index in [4.69, 9.17) is 9.47 Å². The molecular weight excluding hydrogens is 518 g/mol. The maximum atomic E-state index is 13.9. The molecule has 0 heterocycles. The summed E-state index contributed by atoms with van der Waals surface area (Å²) in [5, 5.41) is 2.75. The lowest BCUT2D eigenvalue weighted by atomic mass is 10.1. The third-order valence-corrected chi connectivity index (χ3v) is 8.17. The highest BCUT2D eigenvalue weighted by Crippen LogP contribution is 2.34. The second-order valence-electron chi connectivity index (χ2n) is 8.88. The number of carbonyl (C=O) groups excluding carboxylic acids is 2. The van der Waals surface area contributed by atoms with Crippen molar-refractivity contribution in [3.8, 4) is 11.5 Å². The number of methoxy groups -OCH3 is 2. The molecule has 1 N–H and O–H groups in total. The molecule has 0 bridgehead atoms. The van der Waals surface area contributed by atoms with Crippen LogP contribution in [0, 0.1) is 6.92 Å². The Labute approximate surface area is 230 Å². The molecule has 0 aliphatic carbocycles. The molecule has 3 aromatic carbocycles. The number of nitrogens with zero attached hydrogens (tertiary/aromatic N) is 2. The molecule has 0 saturated heterocycles. The predicted octanol–water partition coefficient (Wildman–Crippen LogP) is 3.76. The van der Waals surface area contributed by atoms with E-state index in [0.29, 0.717) is 18.0 Å². The van der Waals surface area contributed by atoms with Crippen molar-refractivity contribution in [3.05, 3.63) is 83.9 Å². The van der Waals surface area contributed by atoms with Gasteiger partial charge in [-0.05, 0) is 56.2 Å². The van der Waals surface area contributed by atoms with Gasteiger partial charge in [0.1, 0.15) is 12.6 Å². The molecule has 3 aromatic rings. The minimum Gasteiger partial charge on any atom is -0.493 e. The Morgan fingerprint density at radius 1 is 0.923 bits per heavy atom. The van der Waals surface area contributed by atoms with Gasteiger partial charge in [0, 0.05) is 19.2 Å². The lowest BCUT2D eigenvalue weighted by molar-refractivity contribution is -0.139. The first kappa shape index (κ1) is 29.5. The van der Waals surface area contributed by atoms with Gasteiger partial charge < -0.3 is 19.7 Å². The van der Waals surface area contributed by atoms with Gasteiger partial charge in [0.25, 0.3) is 10.0 Å². The van der Waals surface area contributed by atoms with Gasteiger partial charge in [-0.25, -0.2) is 8.42 Å². The summed E-state index contributed by atoms with van der Waals surface area (Å²) in [4.78, 5) is 28.2. The lowest BCUT2D eigenvalue weighted by Gasteiger charge is -2.32. The van der Waals surface area contributed by atoms with Gasteiger partial charge in [-0.2, -0.15) is 0 Å². The molecule has 0 saturated carbocycles. The average molecular weight is 554 g/mol. The molecule has 0 unspecified atom stereocenters. The third-order valence-electron chi connectivity index (χ3n) is 6.39. The molecule has 0 aromatic heterocycles. The molecule has 208 valence electrons. The molecule has 10 heteroatoms. The van der Waals surface area contributed by atoms with E-state index in [-0.39, 0.29) is 23.0 Å². The minimum absolute atomic E-state index is 0.0230. The zero-order valence-electron chi connectivity index (χ0n) is 22.9. The number of carbonyl (C=O) groups is 2. The number of benzene rings is 3. The number of hydrogen-bond donors (Lipinski definition) is 1. The number of nitrogens with one attached hydrogen (secondary N) is 1. The van der Waals surface area contributed by atoms with Crippen molar-refractivity contribution in [3.63, 3.8) is 0 Å². The Balaban J connectivity index is 2.09. The Bertz CT molecular complexity index is 1400. The van der Waals surface area contributed by atoms with Crippen LogP contribution >= 0.6 is 0 Å². The molecule has 2 amide bonds. The molecule has 39 heavy (non-hydrogen) atoms. The topological polar surface area (TPSA) is 105 Å². The summed E-state index contributed by atoms with van der Waals surface area (Å²) in [5.41, 5.74) is 2.02. The molecule has 0 radical (unpaired) electrons. The molecule has 0 aliphatic rings. The predicted molar refractivity (Wildman–Crippen MR) is 150 cm³/mol. The van der Waals surface area contributed by atoms with Crippen LogP contribution in [0.15, 0.2) is 77.7 Å². The normalized spacial score (nSPS) is 11.8. The number of likely N-dealkylation sites (N-methyl/N-ethyl adjacent to an activating group) is 1. The zero-order chi connectivity index (χ0) is 28.6. The largest absolute Gasteiger partial charge is 0.493 e. The monoisotopic (exact) mass is 553 g/mol. The van der Waals surface area contributed by atoms with Crippen molar-refractivity contribution in [2.75, 3.05) is 31.6 Å². The molecule has 0 spiro atoms. The van der Waals surface area contributed by atoms with Crippen LogP contribution in [0.3, 0.4) is 0 Å². The van der Waals surface area contributed by atoms with Crippen molar-refractivity contribution in [2.45, 2.75) is 38.3 Å². The maximum Gasteiger partial charge on any atom is 0.264 e. The van der Waals surface area contributed by atoms with Crippen molar-refractivity contribution in [2.24, 2.45) is 0 Å². The Hall–Kier alpha value is -4.05. The summed E-state index contributed by atoms with van der Waals surface area (Å²) in [7, 11) is -1.25. The van der Waals surface area contributed by atoms with Crippen molar-refractivity contribution >= 4 is 27.5 Å². The molecule has 3 rings (SSSR count). The summed E-state index contributed by atoms with van der Waals surface area (Å²) >= 11 is 0. The van der Waals surface area contributed by atoms with Gasteiger partial charge in [-0.15, -0.1) is 0 Å². The number of amides is 2. The standard InChI is InChI=1S/C29H35N3O6S/c1-6-30-29(34)22(3)31(19-23-13-11-10-12-21(23)2)28(33)20-32(39(35,36)25-14-8-7-9-15-25)24-16-17-26(37-4)27(18-24)38-5/h7-18,22H,6,19-20H2,1-5H3,(H,30,34)/t22-/m1/s1. The molecular formula is C29H35N3O6S. The third kappa shape index (κ3) is 6.88. The van der Waals surface area contributed by atoms with Crippen molar-refractivity contribution in [1.82, 2.24) is 10.2 Å². The summed E-state index contributed by atoms with van der Waals surface area (Å²) in [6.45, 7) is 5.34. The molecule has 0 aliphatic heterocycles. The fourth-order valence-electron chi connectivity index (χ4n) is 4.10. The Morgan fingerprint density at radius 2 is 1.56 bits per heavy atom. The van der Waals surface area contributed by atoms with E-state index in [2.05, 4.69) is 5.32 Å². The van der Waals surface area contributed by atoms with Crippen LogP contribution in [0.4, 0.5) is 5.69 Å². The van der Waals surface area contributed by atoms with Gasteiger partial charge in [0.15, 0.2) is 11.5 Å². The highest BCUT2D eigenvalue weighted by Gasteiger charge is 2.33. The smallest absolute Gasteiger partial charge is 0.264 e. The molecule has 1 atom stereocenters.